The molecule has 29 heavy (non-hydrogen) atoms. The van der Waals surface area contributed by atoms with Gasteiger partial charge in [-0.2, -0.15) is 5.26 Å². The molecule has 0 aliphatic carbocycles. The van der Waals surface area contributed by atoms with Crippen molar-refractivity contribution in [3.05, 3.63) is 64.0 Å². The number of allylic oxidation sites excluding steroid dienone is 4. The molecule has 0 spiro atoms. The minimum Gasteiger partial charge on any atom is -0.259 e. The molecule has 1 aromatic heterocycles. The van der Waals surface area contributed by atoms with E-state index >= 15 is 0 Å². The van der Waals surface area contributed by atoms with Crippen LogP contribution < -0.4 is 0 Å². The Morgan fingerprint density at radius 3 is 2.48 bits per heavy atom. The van der Waals surface area contributed by atoms with Gasteiger partial charge in [0.05, 0.1) is 11.6 Å². The van der Waals surface area contributed by atoms with Crippen molar-refractivity contribution in [2.24, 2.45) is 4.99 Å². The van der Waals surface area contributed by atoms with E-state index in [-0.39, 0.29) is 0 Å². The van der Waals surface area contributed by atoms with Crippen LogP contribution in [0.15, 0.2) is 62.7 Å². The van der Waals surface area contributed by atoms with Gasteiger partial charge in [-0.3, -0.25) is 4.99 Å². The second-order valence-corrected chi connectivity index (χ2v) is 8.75. The average Bonchev–Trinajstić information content (AvgIpc) is 2.72. The van der Waals surface area contributed by atoms with Crippen molar-refractivity contribution in [2.45, 2.75) is 50.4 Å². The van der Waals surface area contributed by atoms with E-state index in [0.717, 1.165) is 43.2 Å². The van der Waals surface area contributed by atoms with E-state index in [9.17, 15) is 5.26 Å². The zero-order valence-electron chi connectivity index (χ0n) is 17.5. The van der Waals surface area contributed by atoms with Crippen LogP contribution in [0.4, 0.5) is 0 Å². The van der Waals surface area contributed by atoms with Gasteiger partial charge < -0.3 is 0 Å². The van der Waals surface area contributed by atoms with Gasteiger partial charge in [-0.1, -0.05) is 46.8 Å². The molecule has 0 saturated carbocycles. The summed E-state index contributed by atoms with van der Waals surface area (Å²) in [5.74, 6) is 0.668. The monoisotopic (exact) mass is 516 g/mol. The van der Waals surface area contributed by atoms with Gasteiger partial charge in [0.15, 0.2) is 5.82 Å². The van der Waals surface area contributed by atoms with Crippen molar-refractivity contribution >= 4 is 40.1 Å². The molecule has 1 heterocycles. The maximum atomic E-state index is 9.32. The highest BCUT2D eigenvalue weighted by atomic mass is 127. The smallest absolute Gasteiger partial charge is 0.160 e. The van der Waals surface area contributed by atoms with Crippen molar-refractivity contribution < 1.29 is 0 Å². The molecule has 2 rings (SSSR count). The third-order valence-electron chi connectivity index (χ3n) is 4.39. The highest BCUT2D eigenvalue weighted by Gasteiger charge is 2.11. The lowest BCUT2D eigenvalue weighted by Gasteiger charge is -2.10. The van der Waals surface area contributed by atoms with Crippen LogP contribution in [0.5, 0.6) is 0 Å². The molecule has 0 aliphatic rings. The van der Waals surface area contributed by atoms with Crippen LogP contribution in [-0.4, -0.2) is 15.7 Å². The van der Waals surface area contributed by atoms with E-state index in [1.807, 2.05) is 44.4 Å². The van der Waals surface area contributed by atoms with Gasteiger partial charge in [0.1, 0.15) is 0 Å². The fourth-order valence-electron chi connectivity index (χ4n) is 2.57. The molecule has 0 bridgehead atoms. The molecule has 0 N–H and O–H groups in total. The minimum atomic E-state index is 0.621. The molecule has 6 heteroatoms. The van der Waals surface area contributed by atoms with Crippen LogP contribution in [0.1, 0.15) is 52.2 Å². The highest BCUT2D eigenvalue weighted by Crippen LogP contribution is 2.35. The number of benzene rings is 1. The molecule has 4 nitrogen and oxygen atoms in total. The van der Waals surface area contributed by atoms with Crippen molar-refractivity contribution in [1.82, 2.24) is 9.97 Å². The predicted octanol–water partition coefficient (Wildman–Crippen LogP) is 7.11. The van der Waals surface area contributed by atoms with Gasteiger partial charge in [-0.05, 0) is 68.9 Å². The molecule has 0 atom stereocenters. The summed E-state index contributed by atoms with van der Waals surface area (Å²) in [7, 11) is 0. The normalized spacial score (nSPS) is 13.1. The van der Waals surface area contributed by atoms with Gasteiger partial charge in [0.25, 0.3) is 0 Å². The van der Waals surface area contributed by atoms with E-state index in [0.29, 0.717) is 11.4 Å². The van der Waals surface area contributed by atoms with Gasteiger partial charge in [0.2, 0.25) is 0 Å². The quantitative estimate of drug-likeness (QED) is 0.170. The first-order valence-corrected chi connectivity index (χ1v) is 11.7. The summed E-state index contributed by atoms with van der Waals surface area (Å²) >= 11 is 3.90. The maximum absolute atomic E-state index is 9.32. The Hall–Kier alpha value is -1.98. The summed E-state index contributed by atoms with van der Waals surface area (Å²) in [6, 6.07) is 7.84. The largest absolute Gasteiger partial charge is 0.259 e. The Morgan fingerprint density at radius 2 is 1.90 bits per heavy atom. The molecule has 0 radical (unpaired) electrons. The summed E-state index contributed by atoms with van der Waals surface area (Å²) in [5.41, 5.74) is 5.95. The summed E-state index contributed by atoms with van der Waals surface area (Å²) in [4.78, 5) is 15.8. The molecule has 2 aromatic rings. The van der Waals surface area contributed by atoms with E-state index in [4.69, 9.17) is 4.99 Å². The maximum Gasteiger partial charge on any atom is 0.160 e. The van der Waals surface area contributed by atoms with Crippen LogP contribution in [0.25, 0.3) is 11.4 Å². The number of halogens is 1. The topological polar surface area (TPSA) is 61.9 Å². The Bertz CT molecular complexity index is 999. The first-order valence-electron chi connectivity index (χ1n) is 9.37. The number of aromatic nitrogens is 2. The van der Waals surface area contributed by atoms with Gasteiger partial charge in [-0.15, -0.1) is 0 Å². The Morgan fingerprint density at radius 1 is 1.21 bits per heavy atom. The Kier molecular flexibility index (Phi) is 9.05. The van der Waals surface area contributed by atoms with Gasteiger partial charge >= 0.3 is 0 Å². The molecule has 0 saturated heterocycles. The van der Waals surface area contributed by atoms with Crippen molar-refractivity contribution in [3.63, 3.8) is 0 Å². The fourth-order valence-corrected chi connectivity index (χ4v) is 3.99. The number of hydrogen-bond donors (Lipinski definition) is 0. The third-order valence-corrected chi connectivity index (χ3v) is 6.26. The zero-order valence-corrected chi connectivity index (χ0v) is 20.4. The second-order valence-electron chi connectivity index (χ2n) is 6.70. The first-order chi connectivity index (χ1) is 13.9. The molecule has 0 unspecified atom stereocenters. The lowest BCUT2D eigenvalue weighted by molar-refractivity contribution is 1.04. The van der Waals surface area contributed by atoms with E-state index in [1.54, 1.807) is 11.8 Å². The number of aliphatic imine (C=N–C) groups is 1. The average molecular weight is 516 g/mol. The fraction of sp³-hybridized carbons (Fsp3) is 0.304. The zero-order chi connectivity index (χ0) is 21.4. The number of nitrogens with zero attached hydrogens (tertiary/aromatic N) is 4. The van der Waals surface area contributed by atoms with E-state index in [2.05, 4.69) is 65.5 Å². The summed E-state index contributed by atoms with van der Waals surface area (Å²) in [6.07, 6.45) is 6.78. The predicted molar refractivity (Wildman–Crippen MR) is 131 cm³/mol. The number of alkyl halides is 1. The SMILES string of the molecule is CC/C(C)=C(C)/N=C(C)/C=C(\C)Sc1cc(C#N)ccc1-c1ncc(CI)cn1. The number of nitriles is 1. The molecular formula is C23H25IN4S. The molecule has 150 valence electrons. The molecule has 0 aliphatic heterocycles. The summed E-state index contributed by atoms with van der Waals surface area (Å²) in [5, 5.41) is 9.32. The summed E-state index contributed by atoms with van der Waals surface area (Å²) < 4.78 is 0.874. The molecule has 0 fully saturated rings. The number of rotatable bonds is 7. The second kappa shape index (κ2) is 11.3. The Balaban J connectivity index is 2.37. The van der Waals surface area contributed by atoms with Gasteiger partial charge in [0, 0.05) is 38.7 Å². The Labute approximate surface area is 191 Å². The van der Waals surface area contributed by atoms with Crippen molar-refractivity contribution in [3.8, 4) is 17.5 Å². The minimum absolute atomic E-state index is 0.621. The highest BCUT2D eigenvalue weighted by molar-refractivity contribution is 14.1. The number of thioether (sulfide) groups is 1. The van der Waals surface area contributed by atoms with Crippen LogP contribution in [-0.2, 0) is 4.43 Å². The van der Waals surface area contributed by atoms with Crippen molar-refractivity contribution in [1.29, 1.82) is 5.26 Å². The van der Waals surface area contributed by atoms with Crippen LogP contribution >= 0.6 is 34.4 Å². The van der Waals surface area contributed by atoms with Crippen LogP contribution in [0, 0.1) is 11.3 Å². The first kappa shape index (κ1) is 23.3. The molecular weight excluding hydrogens is 491 g/mol. The molecule has 1 aromatic carbocycles. The number of hydrogen-bond acceptors (Lipinski definition) is 5. The summed E-state index contributed by atoms with van der Waals surface area (Å²) in [6.45, 7) is 10.4. The standard InChI is InChI=1S/C23H25IN4S/c1-6-15(2)18(5)28-16(3)9-17(4)29-22-10-19(12-25)7-8-21(22)23-26-13-20(11-24)14-27-23/h7-10,13-14H,6,11H2,1-5H3/b17-9+,18-15+,28-16+. The van der Waals surface area contributed by atoms with E-state index < -0.39 is 0 Å². The van der Waals surface area contributed by atoms with Gasteiger partial charge in [-0.25, -0.2) is 9.97 Å². The van der Waals surface area contributed by atoms with Crippen molar-refractivity contribution in [2.75, 3.05) is 0 Å². The third kappa shape index (κ3) is 6.79. The van der Waals surface area contributed by atoms with E-state index in [1.165, 1.54) is 5.57 Å². The van der Waals surface area contributed by atoms with Crippen LogP contribution in [0.2, 0.25) is 0 Å². The molecule has 0 amide bonds. The van der Waals surface area contributed by atoms with Crippen LogP contribution in [0.3, 0.4) is 0 Å². The lowest BCUT2D eigenvalue weighted by atomic mass is 10.1. The lowest BCUT2D eigenvalue weighted by Crippen LogP contribution is -1.94.